The topological polar surface area (TPSA) is 75.4 Å². The van der Waals surface area contributed by atoms with Crippen molar-refractivity contribution in [1.29, 1.82) is 0 Å². The Morgan fingerprint density at radius 2 is 1.86 bits per heavy atom. The molecule has 1 heterocycles. The number of nitrogens with zero attached hydrogens (tertiary/aromatic N) is 3. The highest BCUT2D eigenvalue weighted by Gasteiger charge is 2.36. The zero-order chi connectivity index (χ0) is 14.9. The van der Waals surface area contributed by atoms with Gasteiger partial charge in [-0.3, -0.25) is 4.68 Å². The van der Waals surface area contributed by atoms with Crippen molar-refractivity contribution in [3.05, 3.63) is 12.4 Å². The van der Waals surface area contributed by atoms with Gasteiger partial charge in [0.1, 0.15) is 4.90 Å². The zero-order valence-electron chi connectivity index (χ0n) is 12.2. The molecule has 0 spiro atoms. The highest BCUT2D eigenvalue weighted by molar-refractivity contribution is 7.89. The van der Waals surface area contributed by atoms with Crippen LogP contribution in [0, 0.1) is 11.8 Å². The average Bonchev–Trinajstić information content (AvgIpc) is 3.38. The molecule has 0 radical (unpaired) electrons. The predicted octanol–water partition coefficient (Wildman–Crippen LogP) is 1.08. The van der Waals surface area contributed by atoms with Crippen LogP contribution in [-0.2, 0) is 16.6 Å². The molecule has 3 rings (SSSR count). The van der Waals surface area contributed by atoms with E-state index in [1.807, 2.05) is 0 Å². The molecule has 0 atom stereocenters. The van der Waals surface area contributed by atoms with Crippen molar-refractivity contribution in [1.82, 2.24) is 14.1 Å². The lowest BCUT2D eigenvalue weighted by Gasteiger charge is -2.21. The third-order valence-electron chi connectivity index (χ3n) is 4.11. The summed E-state index contributed by atoms with van der Waals surface area (Å²) in [5.41, 5.74) is 0. The molecule has 6 nitrogen and oxygen atoms in total. The van der Waals surface area contributed by atoms with Crippen molar-refractivity contribution in [2.45, 2.75) is 43.5 Å². The van der Waals surface area contributed by atoms with Gasteiger partial charge in [0.15, 0.2) is 0 Å². The maximum Gasteiger partial charge on any atom is 0.246 e. The van der Waals surface area contributed by atoms with E-state index in [0.29, 0.717) is 37.9 Å². The Bertz CT molecular complexity index is 562. The maximum atomic E-state index is 12.8. The molecule has 1 N–H and O–H groups in total. The summed E-state index contributed by atoms with van der Waals surface area (Å²) in [5.74, 6) is 1.09. The van der Waals surface area contributed by atoms with Gasteiger partial charge in [-0.25, -0.2) is 8.42 Å². The molecule has 0 unspecified atom stereocenters. The Kier molecular flexibility index (Phi) is 4.33. The minimum atomic E-state index is -3.43. The van der Waals surface area contributed by atoms with Crippen molar-refractivity contribution >= 4 is 10.0 Å². The van der Waals surface area contributed by atoms with Crippen molar-refractivity contribution in [3.63, 3.8) is 0 Å². The summed E-state index contributed by atoms with van der Waals surface area (Å²) < 4.78 is 28.8. The molecular weight excluding hydrogens is 290 g/mol. The SMILES string of the molecule is O=S(=O)(c1cnn(CCCO)c1)N(CC1CC1)CC1CC1. The molecule has 2 aliphatic rings. The highest BCUT2D eigenvalue weighted by atomic mass is 32.2. The number of sulfonamides is 1. The Morgan fingerprint density at radius 3 is 2.38 bits per heavy atom. The number of hydrogen-bond donors (Lipinski definition) is 1. The van der Waals surface area contributed by atoms with Gasteiger partial charge >= 0.3 is 0 Å². The normalized spacial score (nSPS) is 19.3. The summed E-state index contributed by atoms with van der Waals surface area (Å²) in [6.45, 7) is 1.93. The quantitative estimate of drug-likeness (QED) is 0.740. The van der Waals surface area contributed by atoms with Crippen LogP contribution in [0.4, 0.5) is 0 Å². The zero-order valence-corrected chi connectivity index (χ0v) is 13.0. The number of aromatic nitrogens is 2. The van der Waals surface area contributed by atoms with Gasteiger partial charge in [0, 0.05) is 32.4 Å². The third kappa shape index (κ3) is 3.84. The van der Waals surface area contributed by atoms with E-state index in [0.717, 1.165) is 25.7 Å². The van der Waals surface area contributed by atoms with E-state index in [-0.39, 0.29) is 11.5 Å². The average molecular weight is 313 g/mol. The van der Waals surface area contributed by atoms with Gasteiger partial charge in [-0.05, 0) is 43.9 Å². The van der Waals surface area contributed by atoms with Crippen molar-refractivity contribution in [2.75, 3.05) is 19.7 Å². The molecule has 0 amide bonds. The third-order valence-corrected chi connectivity index (χ3v) is 5.89. The lowest BCUT2D eigenvalue weighted by molar-refractivity contribution is 0.277. The van der Waals surface area contributed by atoms with Crippen LogP contribution < -0.4 is 0 Å². The molecule has 7 heteroatoms. The molecule has 0 bridgehead atoms. The summed E-state index contributed by atoms with van der Waals surface area (Å²) in [6.07, 6.45) is 8.17. The monoisotopic (exact) mass is 313 g/mol. The van der Waals surface area contributed by atoms with Gasteiger partial charge in [0.25, 0.3) is 0 Å². The van der Waals surface area contributed by atoms with E-state index in [1.165, 1.54) is 6.20 Å². The van der Waals surface area contributed by atoms with E-state index in [2.05, 4.69) is 5.10 Å². The van der Waals surface area contributed by atoms with Gasteiger partial charge in [0.05, 0.1) is 6.20 Å². The number of aliphatic hydroxyl groups is 1. The fraction of sp³-hybridized carbons (Fsp3) is 0.786. The molecule has 2 fully saturated rings. The number of hydrogen-bond acceptors (Lipinski definition) is 4. The lowest BCUT2D eigenvalue weighted by atomic mass is 10.4. The first-order valence-electron chi connectivity index (χ1n) is 7.73. The van der Waals surface area contributed by atoms with Crippen LogP contribution in [0.5, 0.6) is 0 Å². The largest absolute Gasteiger partial charge is 0.396 e. The van der Waals surface area contributed by atoms with E-state index < -0.39 is 10.0 Å². The van der Waals surface area contributed by atoms with Gasteiger partial charge in [-0.2, -0.15) is 9.40 Å². The summed E-state index contributed by atoms with van der Waals surface area (Å²) in [6, 6.07) is 0. The molecule has 1 aromatic rings. The maximum absolute atomic E-state index is 12.8. The van der Waals surface area contributed by atoms with Crippen LogP contribution in [0.25, 0.3) is 0 Å². The van der Waals surface area contributed by atoms with Gasteiger partial charge in [-0.15, -0.1) is 0 Å². The molecule has 118 valence electrons. The first kappa shape index (κ1) is 15.0. The molecule has 2 saturated carbocycles. The van der Waals surface area contributed by atoms with Crippen molar-refractivity contribution in [3.8, 4) is 0 Å². The predicted molar refractivity (Wildman–Crippen MR) is 78.1 cm³/mol. The summed E-state index contributed by atoms with van der Waals surface area (Å²) in [4.78, 5) is 0.279. The summed E-state index contributed by atoms with van der Waals surface area (Å²) in [7, 11) is -3.43. The number of aliphatic hydroxyl groups excluding tert-OH is 1. The Morgan fingerprint density at radius 1 is 1.24 bits per heavy atom. The molecule has 1 aromatic heterocycles. The first-order chi connectivity index (χ1) is 10.1. The number of rotatable bonds is 9. The highest BCUT2D eigenvalue weighted by Crippen LogP contribution is 2.35. The van der Waals surface area contributed by atoms with Crippen LogP contribution in [0.15, 0.2) is 17.3 Å². The molecule has 0 saturated heterocycles. The second-order valence-corrected chi connectivity index (χ2v) is 8.16. The van der Waals surface area contributed by atoms with Gasteiger partial charge < -0.3 is 5.11 Å². The molecule has 2 aliphatic carbocycles. The fourth-order valence-electron chi connectivity index (χ4n) is 2.43. The first-order valence-corrected chi connectivity index (χ1v) is 9.17. The van der Waals surface area contributed by atoms with Crippen LogP contribution in [0.3, 0.4) is 0 Å². The van der Waals surface area contributed by atoms with Gasteiger partial charge in [-0.1, -0.05) is 0 Å². The second kappa shape index (κ2) is 6.06. The molecular formula is C14H23N3O3S. The second-order valence-electron chi connectivity index (χ2n) is 6.23. The number of aryl methyl sites for hydroxylation is 1. The Balaban J connectivity index is 1.73. The van der Waals surface area contributed by atoms with E-state index in [4.69, 9.17) is 5.11 Å². The summed E-state index contributed by atoms with van der Waals surface area (Å²) in [5, 5.41) is 12.9. The van der Waals surface area contributed by atoms with Crippen molar-refractivity contribution < 1.29 is 13.5 Å². The molecule has 21 heavy (non-hydrogen) atoms. The van der Waals surface area contributed by atoms with Crippen LogP contribution in [-0.4, -0.2) is 47.3 Å². The van der Waals surface area contributed by atoms with Crippen LogP contribution in [0.2, 0.25) is 0 Å². The molecule has 0 aromatic carbocycles. The minimum Gasteiger partial charge on any atom is -0.396 e. The Hall–Kier alpha value is -0.920. The van der Waals surface area contributed by atoms with Crippen molar-refractivity contribution in [2.24, 2.45) is 11.8 Å². The lowest BCUT2D eigenvalue weighted by Crippen LogP contribution is -2.34. The fourth-order valence-corrected chi connectivity index (χ4v) is 3.98. The Labute approximate surface area is 125 Å². The summed E-state index contributed by atoms with van der Waals surface area (Å²) >= 11 is 0. The smallest absolute Gasteiger partial charge is 0.246 e. The molecule has 0 aliphatic heterocycles. The van der Waals surface area contributed by atoms with Crippen LogP contribution >= 0.6 is 0 Å². The minimum absolute atomic E-state index is 0.0808. The standard InChI is InChI=1S/C14H23N3O3S/c18-7-1-6-16-11-14(8-15-16)21(19,20)17(9-12-2-3-12)10-13-4-5-13/h8,11-13,18H,1-7,9-10H2. The van der Waals surface area contributed by atoms with E-state index >= 15 is 0 Å². The van der Waals surface area contributed by atoms with E-state index in [1.54, 1.807) is 15.2 Å². The van der Waals surface area contributed by atoms with E-state index in [9.17, 15) is 8.42 Å². The van der Waals surface area contributed by atoms with Gasteiger partial charge in [0.2, 0.25) is 10.0 Å². The van der Waals surface area contributed by atoms with Crippen LogP contribution in [0.1, 0.15) is 32.1 Å².